The van der Waals surface area contributed by atoms with Crippen molar-refractivity contribution in [1.29, 1.82) is 0 Å². The average Bonchev–Trinajstić information content (AvgIpc) is 2.47. The van der Waals surface area contributed by atoms with Crippen LogP contribution in [0.25, 0.3) is 5.57 Å². The Kier molecular flexibility index (Phi) is 5.05. The molecule has 0 heterocycles. The summed E-state index contributed by atoms with van der Waals surface area (Å²) in [4.78, 5) is 24.2. The fraction of sp³-hybridized carbons (Fsp3) is 0.333. The lowest BCUT2D eigenvalue weighted by Gasteiger charge is -2.12. The third kappa shape index (κ3) is 3.53. The molecular formula is C18H20O2. The highest BCUT2D eigenvalue weighted by Gasteiger charge is 2.20. The molecule has 0 atom stereocenters. The fourth-order valence-electron chi connectivity index (χ4n) is 2.38. The van der Waals surface area contributed by atoms with Crippen molar-refractivity contribution in [3.8, 4) is 0 Å². The minimum absolute atomic E-state index is 0.0139. The number of rotatable bonds is 6. The van der Waals surface area contributed by atoms with Crippen LogP contribution in [0.3, 0.4) is 0 Å². The first kappa shape index (κ1) is 14.4. The summed E-state index contributed by atoms with van der Waals surface area (Å²) in [5, 5.41) is 0. The lowest BCUT2D eigenvalue weighted by Crippen LogP contribution is -2.12. The quantitative estimate of drug-likeness (QED) is 0.574. The Bertz CT molecular complexity index is 550. The molecule has 0 fully saturated rings. The van der Waals surface area contributed by atoms with Crippen molar-refractivity contribution in [2.75, 3.05) is 0 Å². The Morgan fingerprint density at radius 2 is 1.60 bits per heavy atom. The predicted molar refractivity (Wildman–Crippen MR) is 81.3 cm³/mol. The molecule has 20 heavy (non-hydrogen) atoms. The van der Waals surface area contributed by atoms with Gasteiger partial charge in [-0.25, -0.2) is 0 Å². The van der Waals surface area contributed by atoms with Gasteiger partial charge < -0.3 is 0 Å². The van der Waals surface area contributed by atoms with Gasteiger partial charge in [-0.3, -0.25) is 9.59 Å². The molecule has 0 bridgehead atoms. The van der Waals surface area contributed by atoms with Gasteiger partial charge in [0.1, 0.15) is 0 Å². The van der Waals surface area contributed by atoms with E-state index in [9.17, 15) is 9.59 Å². The molecule has 1 aliphatic carbocycles. The molecule has 2 heteroatoms. The summed E-state index contributed by atoms with van der Waals surface area (Å²) < 4.78 is 0. The van der Waals surface area contributed by atoms with E-state index in [1.807, 2.05) is 30.3 Å². The summed E-state index contributed by atoms with van der Waals surface area (Å²) in [7, 11) is 0. The number of ketones is 2. The van der Waals surface area contributed by atoms with E-state index < -0.39 is 0 Å². The number of carbonyl (C=O) groups excluding carboxylic acids is 2. The standard InChI is InChI=1S/C18H20O2/c1-2-3-4-6-11-15-12-18(20)16(13-17(15)19)14-9-7-5-8-10-14/h5,7-10,12-13H,2-4,6,11H2,1H3. The highest BCUT2D eigenvalue weighted by molar-refractivity contribution is 6.35. The van der Waals surface area contributed by atoms with Gasteiger partial charge in [0.05, 0.1) is 0 Å². The van der Waals surface area contributed by atoms with Gasteiger partial charge in [-0.15, -0.1) is 0 Å². The highest BCUT2D eigenvalue weighted by atomic mass is 16.1. The average molecular weight is 268 g/mol. The molecule has 0 radical (unpaired) electrons. The van der Waals surface area contributed by atoms with Gasteiger partial charge in [0, 0.05) is 11.1 Å². The van der Waals surface area contributed by atoms with E-state index in [-0.39, 0.29) is 11.6 Å². The summed E-state index contributed by atoms with van der Waals surface area (Å²) in [5.41, 5.74) is 1.98. The lowest BCUT2D eigenvalue weighted by atomic mass is 9.90. The minimum atomic E-state index is -0.0544. The van der Waals surface area contributed by atoms with Crippen LogP contribution >= 0.6 is 0 Å². The van der Waals surface area contributed by atoms with Gasteiger partial charge >= 0.3 is 0 Å². The second kappa shape index (κ2) is 6.99. The topological polar surface area (TPSA) is 34.1 Å². The largest absolute Gasteiger partial charge is 0.290 e. The van der Waals surface area contributed by atoms with E-state index in [1.54, 1.807) is 0 Å². The van der Waals surface area contributed by atoms with Crippen LogP contribution in [0.15, 0.2) is 48.1 Å². The third-order valence-corrected chi connectivity index (χ3v) is 3.55. The number of hydrogen-bond acceptors (Lipinski definition) is 2. The minimum Gasteiger partial charge on any atom is -0.290 e. The normalized spacial score (nSPS) is 15.1. The van der Waals surface area contributed by atoms with Crippen molar-refractivity contribution >= 4 is 17.1 Å². The predicted octanol–water partition coefficient (Wildman–Crippen LogP) is 4.12. The van der Waals surface area contributed by atoms with Crippen LogP contribution < -0.4 is 0 Å². The zero-order valence-electron chi connectivity index (χ0n) is 11.9. The summed E-state index contributed by atoms with van der Waals surface area (Å²) in [6.45, 7) is 2.16. The number of unbranched alkanes of at least 4 members (excludes halogenated alkanes) is 3. The second-order valence-electron chi connectivity index (χ2n) is 5.13. The summed E-state index contributed by atoms with van der Waals surface area (Å²) in [5.74, 6) is -0.0683. The Morgan fingerprint density at radius 3 is 2.30 bits per heavy atom. The van der Waals surface area contributed by atoms with Crippen molar-refractivity contribution in [3.05, 3.63) is 53.6 Å². The molecule has 1 aromatic rings. The van der Waals surface area contributed by atoms with Gasteiger partial charge in [0.2, 0.25) is 0 Å². The van der Waals surface area contributed by atoms with Crippen LogP contribution in [0.2, 0.25) is 0 Å². The van der Waals surface area contributed by atoms with E-state index in [1.165, 1.54) is 25.0 Å². The summed E-state index contributed by atoms with van der Waals surface area (Å²) in [6, 6.07) is 9.36. The maximum atomic E-state index is 12.1. The van der Waals surface area contributed by atoms with Gasteiger partial charge in [0.25, 0.3) is 0 Å². The molecule has 0 amide bonds. The molecule has 1 aromatic carbocycles. The Hall–Kier alpha value is -1.96. The van der Waals surface area contributed by atoms with Crippen LogP contribution in [-0.4, -0.2) is 11.6 Å². The lowest BCUT2D eigenvalue weighted by molar-refractivity contribution is -0.114. The Morgan fingerprint density at radius 1 is 0.850 bits per heavy atom. The van der Waals surface area contributed by atoms with Gasteiger partial charge in [-0.2, -0.15) is 0 Å². The van der Waals surface area contributed by atoms with E-state index in [0.29, 0.717) is 17.6 Å². The maximum Gasteiger partial charge on any atom is 0.186 e. The van der Waals surface area contributed by atoms with Crippen LogP contribution in [0.5, 0.6) is 0 Å². The molecule has 0 saturated carbocycles. The van der Waals surface area contributed by atoms with E-state index in [2.05, 4.69) is 6.92 Å². The maximum absolute atomic E-state index is 12.1. The molecule has 0 spiro atoms. The number of hydrogen-bond donors (Lipinski definition) is 0. The first-order valence-corrected chi connectivity index (χ1v) is 7.28. The fourth-order valence-corrected chi connectivity index (χ4v) is 2.38. The highest BCUT2D eigenvalue weighted by Crippen LogP contribution is 2.24. The zero-order valence-corrected chi connectivity index (χ0v) is 11.9. The number of benzene rings is 1. The zero-order chi connectivity index (χ0) is 14.4. The van der Waals surface area contributed by atoms with Crippen LogP contribution in [0.1, 0.15) is 44.6 Å². The molecule has 2 nitrogen and oxygen atoms in total. The summed E-state index contributed by atoms with van der Waals surface area (Å²) in [6.07, 6.45) is 8.18. The second-order valence-corrected chi connectivity index (χ2v) is 5.13. The van der Waals surface area contributed by atoms with Gasteiger partial charge in [-0.05, 0) is 30.6 Å². The van der Waals surface area contributed by atoms with Gasteiger partial charge in [-0.1, -0.05) is 56.5 Å². The third-order valence-electron chi connectivity index (χ3n) is 3.55. The molecule has 2 rings (SSSR count). The van der Waals surface area contributed by atoms with Crippen molar-refractivity contribution in [1.82, 2.24) is 0 Å². The molecule has 0 saturated heterocycles. The smallest absolute Gasteiger partial charge is 0.186 e. The van der Waals surface area contributed by atoms with E-state index in [4.69, 9.17) is 0 Å². The van der Waals surface area contributed by atoms with E-state index in [0.717, 1.165) is 18.4 Å². The number of carbonyl (C=O) groups is 2. The van der Waals surface area contributed by atoms with E-state index >= 15 is 0 Å². The first-order chi connectivity index (χ1) is 9.72. The van der Waals surface area contributed by atoms with Gasteiger partial charge in [0.15, 0.2) is 11.6 Å². The SMILES string of the molecule is CCCCCCC1=CC(=O)C(c2ccccc2)=CC1=O. The van der Waals surface area contributed by atoms with Crippen LogP contribution in [0, 0.1) is 0 Å². The Labute approximate surface area is 120 Å². The van der Waals surface area contributed by atoms with Crippen LogP contribution in [-0.2, 0) is 9.59 Å². The molecule has 0 N–H and O–H groups in total. The molecule has 0 aliphatic heterocycles. The molecule has 104 valence electrons. The first-order valence-electron chi connectivity index (χ1n) is 7.28. The molecule has 0 aromatic heterocycles. The molecule has 0 unspecified atom stereocenters. The molecule has 1 aliphatic rings. The van der Waals surface area contributed by atoms with Crippen molar-refractivity contribution in [2.24, 2.45) is 0 Å². The monoisotopic (exact) mass is 268 g/mol. The van der Waals surface area contributed by atoms with Crippen LogP contribution in [0.4, 0.5) is 0 Å². The molecular weight excluding hydrogens is 248 g/mol. The van der Waals surface area contributed by atoms with Crippen molar-refractivity contribution < 1.29 is 9.59 Å². The number of allylic oxidation sites excluding steroid dienone is 4. The Balaban J connectivity index is 2.05. The van der Waals surface area contributed by atoms with Crippen molar-refractivity contribution in [2.45, 2.75) is 39.0 Å². The summed E-state index contributed by atoms with van der Waals surface area (Å²) >= 11 is 0. The van der Waals surface area contributed by atoms with Crippen molar-refractivity contribution in [3.63, 3.8) is 0 Å².